The summed E-state index contributed by atoms with van der Waals surface area (Å²) in [5.41, 5.74) is 0. The second-order valence-electron chi connectivity index (χ2n) is 9.35. The van der Waals surface area contributed by atoms with E-state index < -0.39 is 12.0 Å². The fraction of sp³-hybridized carbons (Fsp3) is 0.818. The molecule has 2 heterocycles. The summed E-state index contributed by atoms with van der Waals surface area (Å²) in [5.74, 6) is -0.792. The Labute approximate surface area is 168 Å². The summed E-state index contributed by atoms with van der Waals surface area (Å²) in [5, 5.41) is 12.9. The number of ketones is 1. The Hall–Kier alpha value is -1.90. The molecule has 3 rings (SSSR count). The third kappa shape index (κ3) is 4.24. The van der Waals surface area contributed by atoms with Crippen LogP contribution in [0.5, 0.6) is 0 Å². The van der Waals surface area contributed by atoms with Crippen molar-refractivity contribution in [1.82, 2.24) is 10.2 Å². The Morgan fingerprint density at radius 1 is 1.04 bits per heavy atom. The molecule has 0 aromatic heterocycles. The number of rotatable bonds is 0. The van der Waals surface area contributed by atoms with Gasteiger partial charge >= 0.3 is 0 Å². The number of carbonyl (C=O) groups excluding carboxylic acids is 3. The summed E-state index contributed by atoms with van der Waals surface area (Å²) in [6, 6.07) is 2.04. The van der Waals surface area contributed by atoms with Crippen molar-refractivity contribution in [2.24, 2.45) is 29.6 Å². The van der Waals surface area contributed by atoms with Crippen LogP contribution in [0.1, 0.15) is 65.2 Å². The number of amides is 2. The smallest absolute Gasteiger partial charge is 0.225 e. The van der Waals surface area contributed by atoms with Crippen LogP contribution in [-0.2, 0) is 14.4 Å². The van der Waals surface area contributed by atoms with Gasteiger partial charge in [-0.25, -0.2) is 0 Å². The fourth-order valence-electron chi connectivity index (χ4n) is 5.40. The maximum atomic E-state index is 13.3. The summed E-state index contributed by atoms with van der Waals surface area (Å²) < 4.78 is 0. The molecule has 2 unspecified atom stereocenters. The third-order valence-electron chi connectivity index (χ3n) is 7.13. The predicted octanol–water partition coefficient (Wildman–Crippen LogP) is 2.67. The molecule has 2 saturated heterocycles. The lowest BCUT2D eigenvalue weighted by Crippen LogP contribution is -2.51. The molecule has 3 fully saturated rings. The van der Waals surface area contributed by atoms with Crippen molar-refractivity contribution in [3.63, 3.8) is 0 Å². The number of likely N-dealkylation sites (N-methyl/N-ethyl adjacent to an activating group) is 1. The van der Waals surface area contributed by atoms with Crippen LogP contribution >= 0.6 is 0 Å². The molecule has 28 heavy (non-hydrogen) atoms. The highest BCUT2D eigenvalue weighted by atomic mass is 16.2. The topological polar surface area (TPSA) is 90.3 Å². The zero-order valence-corrected chi connectivity index (χ0v) is 17.3. The molecule has 0 spiro atoms. The first-order valence-electron chi connectivity index (χ1n) is 10.8. The van der Waals surface area contributed by atoms with E-state index in [1.54, 1.807) is 11.9 Å². The van der Waals surface area contributed by atoms with Gasteiger partial charge in [0.25, 0.3) is 0 Å². The summed E-state index contributed by atoms with van der Waals surface area (Å²) in [4.78, 5) is 40.3. The van der Waals surface area contributed by atoms with Gasteiger partial charge in [0.05, 0.1) is 18.0 Å². The van der Waals surface area contributed by atoms with Gasteiger partial charge in [0.1, 0.15) is 0 Å². The van der Waals surface area contributed by atoms with E-state index in [-0.39, 0.29) is 47.3 Å². The van der Waals surface area contributed by atoms with Gasteiger partial charge in [-0.3, -0.25) is 14.4 Å². The monoisotopic (exact) mass is 387 g/mol. The molecule has 1 saturated carbocycles. The zero-order valence-electron chi connectivity index (χ0n) is 17.3. The number of hydrogen-bond acceptors (Lipinski definition) is 4. The Morgan fingerprint density at radius 3 is 2.46 bits per heavy atom. The second kappa shape index (κ2) is 8.63. The van der Waals surface area contributed by atoms with Crippen LogP contribution in [0, 0.1) is 40.9 Å². The molecule has 6 nitrogen and oxygen atoms in total. The minimum Gasteiger partial charge on any atom is -0.353 e. The van der Waals surface area contributed by atoms with E-state index in [4.69, 9.17) is 0 Å². The van der Waals surface area contributed by atoms with Gasteiger partial charge in [-0.15, -0.1) is 0 Å². The zero-order chi connectivity index (χ0) is 20.4. The SMILES string of the molecule is CC1CC2C(=O)[C@H](C1)N(C)C(=O)[C@@H](C)CCCC[C@@H]1C[C@@H](C[C@H]2C#N)C(=O)N1. The molecule has 0 radical (unpaired) electrons. The maximum absolute atomic E-state index is 13.3. The van der Waals surface area contributed by atoms with Gasteiger partial charge < -0.3 is 10.2 Å². The highest BCUT2D eigenvalue weighted by Crippen LogP contribution is 2.38. The molecule has 0 aromatic carbocycles. The number of carbonyl (C=O) groups is 3. The van der Waals surface area contributed by atoms with Gasteiger partial charge in [-0.05, 0) is 44.4 Å². The number of Topliss-reactive ketones (excluding diaryl/α,β-unsaturated/α-hetero) is 1. The molecule has 0 aromatic rings. The van der Waals surface area contributed by atoms with Crippen LogP contribution in [0.4, 0.5) is 0 Å². The number of nitrogens with one attached hydrogen (secondary N) is 1. The molecule has 2 aliphatic heterocycles. The largest absolute Gasteiger partial charge is 0.353 e. The first-order chi connectivity index (χ1) is 13.3. The lowest BCUT2D eigenvalue weighted by Gasteiger charge is -2.39. The lowest BCUT2D eigenvalue weighted by molar-refractivity contribution is -0.145. The van der Waals surface area contributed by atoms with Crippen molar-refractivity contribution in [3.8, 4) is 6.07 Å². The van der Waals surface area contributed by atoms with Crippen molar-refractivity contribution in [2.75, 3.05) is 7.05 Å². The van der Waals surface area contributed by atoms with E-state index in [1.807, 2.05) is 6.92 Å². The highest BCUT2D eigenvalue weighted by Gasteiger charge is 2.44. The molecule has 2 amide bonds. The molecule has 7 atom stereocenters. The minimum absolute atomic E-state index is 0.0116. The average molecular weight is 388 g/mol. The molecule has 6 heteroatoms. The number of fused-ring (bicyclic) bond motifs is 4. The van der Waals surface area contributed by atoms with Crippen LogP contribution in [0.25, 0.3) is 0 Å². The first-order valence-corrected chi connectivity index (χ1v) is 10.8. The Kier molecular flexibility index (Phi) is 6.42. The van der Waals surface area contributed by atoms with E-state index in [0.717, 1.165) is 32.1 Å². The molecular weight excluding hydrogens is 354 g/mol. The summed E-state index contributed by atoms with van der Waals surface area (Å²) >= 11 is 0. The van der Waals surface area contributed by atoms with Crippen LogP contribution < -0.4 is 5.32 Å². The summed E-state index contributed by atoms with van der Waals surface area (Å²) in [6.07, 6.45) is 6.16. The predicted molar refractivity (Wildman–Crippen MR) is 105 cm³/mol. The number of hydrogen-bond donors (Lipinski definition) is 1. The van der Waals surface area contributed by atoms with E-state index in [2.05, 4.69) is 18.3 Å². The average Bonchev–Trinajstić information content (AvgIpc) is 3.02. The van der Waals surface area contributed by atoms with E-state index in [0.29, 0.717) is 19.3 Å². The molecule has 154 valence electrons. The van der Waals surface area contributed by atoms with Gasteiger partial charge in [0.2, 0.25) is 11.8 Å². The van der Waals surface area contributed by atoms with E-state index in [9.17, 15) is 19.6 Å². The van der Waals surface area contributed by atoms with Gasteiger partial charge in [0.15, 0.2) is 5.78 Å². The van der Waals surface area contributed by atoms with Crippen LogP contribution in [0.3, 0.4) is 0 Å². The fourth-order valence-corrected chi connectivity index (χ4v) is 5.40. The molecule has 4 bridgehead atoms. The van der Waals surface area contributed by atoms with Gasteiger partial charge in [-0.2, -0.15) is 5.26 Å². The van der Waals surface area contributed by atoms with Gasteiger partial charge in [0, 0.05) is 30.8 Å². The van der Waals surface area contributed by atoms with Crippen LogP contribution in [-0.4, -0.2) is 41.6 Å². The molecule has 1 N–H and O–H groups in total. The van der Waals surface area contributed by atoms with Gasteiger partial charge in [-0.1, -0.05) is 26.7 Å². The molecule has 1 aliphatic carbocycles. The Balaban J connectivity index is 1.89. The van der Waals surface area contributed by atoms with Crippen molar-refractivity contribution in [2.45, 2.75) is 77.3 Å². The van der Waals surface area contributed by atoms with Crippen molar-refractivity contribution in [3.05, 3.63) is 0 Å². The van der Waals surface area contributed by atoms with Crippen molar-refractivity contribution >= 4 is 17.6 Å². The quantitative estimate of drug-likeness (QED) is 0.692. The van der Waals surface area contributed by atoms with Crippen LogP contribution in [0.2, 0.25) is 0 Å². The summed E-state index contributed by atoms with van der Waals surface area (Å²) in [7, 11) is 1.74. The Bertz CT molecular complexity index is 670. The minimum atomic E-state index is -0.460. The first kappa shape index (κ1) is 20.8. The standard InChI is InChI=1S/C22H33N3O3/c1-13-8-18-16(12-23)10-15-11-17(24-21(15)27)7-5-4-6-14(2)22(28)25(3)19(9-13)20(18)26/h13-19H,4-11H2,1-3H3,(H,24,27)/t13?,14-,15+,16-,17+,18?,19-/m0/s1. The molecule has 3 aliphatic rings. The summed E-state index contributed by atoms with van der Waals surface area (Å²) in [6.45, 7) is 4.03. The molecular formula is C22H33N3O3. The second-order valence-corrected chi connectivity index (χ2v) is 9.35. The number of nitrogens with zero attached hydrogens (tertiary/aromatic N) is 2. The highest BCUT2D eigenvalue weighted by molar-refractivity contribution is 5.92. The Morgan fingerprint density at radius 2 is 1.75 bits per heavy atom. The van der Waals surface area contributed by atoms with Crippen molar-refractivity contribution in [1.29, 1.82) is 5.26 Å². The van der Waals surface area contributed by atoms with E-state index >= 15 is 0 Å². The maximum Gasteiger partial charge on any atom is 0.225 e. The normalized spacial score (nSPS) is 40.3. The third-order valence-corrected chi connectivity index (χ3v) is 7.13. The lowest BCUT2D eigenvalue weighted by atomic mass is 9.70. The van der Waals surface area contributed by atoms with E-state index in [1.165, 1.54) is 0 Å². The van der Waals surface area contributed by atoms with Crippen LogP contribution in [0.15, 0.2) is 0 Å². The number of nitriles is 1. The van der Waals surface area contributed by atoms with Crippen molar-refractivity contribution < 1.29 is 14.4 Å².